The Hall–Kier alpha value is -1.71. The van der Waals surface area contributed by atoms with Crippen molar-refractivity contribution in [2.75, 3.05) is 0 Å². The second-order valence-corrected chi connectivity index (χ2v) is 11.0. The number of ether oxygens (including phenoxy) is 2. The lowest BCUT2D eigenvalue weighted by Crippen LogP contribution is -2.49. The van der Waals surface area contributed by atoms with Gasteiger partial charge in [-0.1, -0.05) is 34.6 Å². The van der Waals surface area contributed by atoms with Gasteiger partial charge < -0.3 is 9.47 Å². The maximum Gasteiger partial charge on any atom is 0.351 e. The van der Waals surface area contributed by atoms with E-state index in [1.165, 1.54) is 6.07 Å². The highest BCUT2D eigenvalue weighted by Crippen LogP contribution is 2.66. The summed E-state index contributed by atoms with van der Waals surface area (Å²) < 4.78 is 12.3. The molecular weight excluding hydrogens is 489 g/mol. The second-order valence-electron chi connectivity index (χ2n) is 9.79. The molecule has 0 radical (unpaired) electrons. The molecule has 1 aromatic rings. The Bertz CT molecular complexity index is 905. The van der Waals surface area contributed by atoms with Crippen LogP contribution in [0, 0.1) is 29.9 Å². The van der Waals surface area contributed by atoms with Crippen LogP contribution >= 0.6 is 22.6 Å². The summed E-state index contributed by atoms with van der Waals surface area (Å²) in [6.07, 6.45) is 0.0496. The number of benzene rings is 1. The SMILES string of the molecule is CC(C)(C)[C@H](OC(=O)[C@@]12CC[C@@](C)(C(=O)O1)C2(C)C)c1ccc(I)cc1[N+](=O)[O-]. The zero-order chi connectivity index (χ0) is 22.0. The number of nitro benzene ring substituents is 1. The molecule has 0 spiro atoms. The van der Waals surface area contributed by atoms with Crippen molar-refractivity contribution in [2.24, 2.45) is 16.2 Å². The lowest BCUT2D eigenvalue weighted by atomic mass is 9.66. The van der Waals surface area contributed by atoms with Crippen LogP contribution in [0.15, 0.2) is 18.2 Å². The van der Waals surface area contributed by atoms with Crippen LogP contribution in [0.3, 0.4) is 0 Å². The molecule has 1 aliphatic heterocycles. The Morgan fingerprint density at radius 3 is 2.34 bits per heavy atom. The number of nitrogens with zero attached hydrogens (tertiary/aromatic N) is 1. The number of halogens is 1. The van der Waals surface area contributed by atoms with E-state index in [0.717, 1.165) is 0 Å². The van der Waals surface area contributed by atoms with Crippen LogP contribution in [0.4, 0.5) is 5.69 Å². The average Bonchev–Trinajstić information content (AvgIpc) is 2.89. The monoisotopic (exact) mass is 515 g/mol. The Morgan fingerprint density at radius 2 is 1.90 bits per heavy atom. The minimum atomic E-state index is -1.37. The first-order chi connectivity index (χ1) is 13.2. The van der Waals surface area contributed by atoms with Gasteiger partial charge in [0.2, 0.25) is 5.60 Å². The van der Waals surface area contributed by atoms with Crippen LogP contribution in [0.1, 0.15) is 66.1 Å². The van der Waals surface area contributed by atoms with Crippen LogP contribution in [-0.2, 0) is 19.1 Å². The summed E-state index contributed by atoms with van der Waals surface area (Å²) in [6.45, 7) is 11.1. The molecule has 0 N–H and O–H groups in total. The van der Waals surface area contributed by atoms with Crippen molar-refractivity contribution in [3.63, 3.8) is 0 Å². The topological polar surface area (TPSA) is 95.7 Å². The number of fused-ring (bicyclic) bond motifs is 2. The Labute approximate surface area is 183 Å². The molecule has 1 saturated heterocycles. The predicted molar refractivity (Wildman–Crippen MR) is 114 cm³/mol. The summed E-state index contributed by atoms with van der Waals surface area (Å²) in [5.41, 5.74) is -3.25. The number of hydrogen-bond acceptors (Lipinski definition) is 6. The van der Waals surface area contributed by atoms with Gasteiger partial charge in [0.15, 0.2) is 0 Å². The molecule has 3 atom stereocenters. The van der Waals surface area contributed by atoms with Crippen LogP contribution in [0.25, 0.3) is 0 Å². The third-order valence-corrected chi connectivity index (χ3v) is 7.57. The summed E-state index contributed by atoms with van der Waals surface area (Å²) >= 11 is 2.01. The number of carbonyl (C=O) groups excluding carboxylic acids is 2. The van der Waals surface area contributed by atoms with Gasteiger partial charge in [-0.15, -0.1) is 0 Å². The van der Waals surface area contributed by atoms with Gasteiger partial charge in [-0.25, -0.2) is 4.79 Å². The predicted octanol–water partition coefficient (Wildman–Crippen LogP) is 4.95. The molecule has 29 heavy (non-hydrogen) atoms. The Balaban J connectivity index is 2.04. The van der Waals surface area contributed by atoms with Gasteiger partial charge in [-0.3, -0.25) is 14.9 Å². The number of hydrogen-bond donors (Lipinski definition) is 0. The number of esters is 2. The van der Waals surface area contributed by atoms with Crippen molar-refractivity contribution in [3.05, 3.63) is 37.4 Å². The maximum absolute atomic E-state index is 13.4. The molecule has 1 saturated carbocycles. The molecule has 0 amide bonds. The molecule has 2 aliphatic rings. The fraction of sp³-hybridized carbons (Fsp3) is 0.619. The lowest BCUT2D eigenvalue weighted by Gasteiger charge is -2.38. The van der Waals surface area contributed by atoms with E-state index in [2.05, 4.69) is 0 Å². The van der Waals surface area contributed by atoms with Crippen LogP contribution in [0.5, 0.6) is 0 Å². The molecule has 3 rings (SSSR count). The fourth-order valence-corrected chi connectivity index (χ4v) is 4.98. The lowest BCUT2D eigenvalue weighted by molar-refractivity contribution is -0.386. The third kappa shape index (κ3) is 3.05. The van der Waals surface area contributed by atoms with Gasteiger partial charge in [0.25, 0.3) is 5.69 Å². The van der Waals surface area contributed by atoms with E-state index in [-0.39, 0.29) is 5.69 Å². The van der Waals surface area contributed by atoms with Crippen LogP contribution in [-0.4, -0.2) is 22.5 Å². The molecular formula is C21H26INO6. The van der Waals surface area contributed by atoms with Crippen molar-refractivity contribution in [1.29, 1.82) is 0 Å². The molecule has 0 aromatic heterocycles. The molecule has 8 heteroatoms. The smallest absolute Gasteiger partial charge is 0.351 e. The fourth-order valence-electron chi connectivity index (χ4n) is 4.51. The molecule has 1 aromatic carbocycles. The van der Waals surface area contributed by atoms with E-state index in [1.807, 2.05) is 64.1 Å². The normalized spacial score (nSPS) is 28.7. The van der Waals surface area contributed by atoms with E-state index in [0.29, 0.717) is 22.0 Å². The molecule has 158 valence electrons. The zero-order valence-electron chi connectivity index (χ0n) is 17.5. The highest BCUT2D eigenvalue weighted by atomic mass is 127. The summed E-state index contributed by atoms with van der Waals surface area (Å²) in [5, 5.41) is 11.7. The maximum atomic E-state index is 13.4. The number of rotatable bonds is 4. The molecule has 1 aliphatic carbocycles. The largest absolute Gasteiger partial charge is 0.454 e. The van der Waals surface area contributed by atoms with Crippen LogP contribution in [0.2, 0.25) is 0 Å². The Kier molecular flexibility index (Phi) is 5.04. The van der Waals surface area contributed by atoms with E-state index in [1.54, 1.807) is 12.1 Å². The van der Waals surface area contributed by atoms with Gasteiger partial charge in [0, 0.05) is 20.5 Å². The van der Waals surface area contributed by atoms with Gasteiger partial charge in [0.1, 0.15) is 6.10 Å². The highest BCUT2D eigenvalue weighted by Gasteiger charge is 2.76. The molecule has 2 fully saturated rings. The number of carbonyl (C=O) groups is 2. The van der Waals surface area contributed by atoms with E-state index in [9.17, 15) is 19.7 Å². The summed E-state index contributed by atoms with van der Waals surface area (Å²) in [7, 11) is 0. The van der Waals surface area contributed by atoms with Gasteiger partial charge >= 0.3 is 11.9 Å². The van der Waals surface area contributed by atoms with Gasteiger partial charge in [0.05, 0.1) is 15.9 Å². The van der Waals surface area contributed by atoms with Crippen molar-refractivity contribution in [1.82, 2.24) is 0 Å². The van der Waals surface area contributed by atoms with E-state index in [4.69, 9.17) is 9.47 Å². The minimum Gasteiger partial charge on any atom is -0.454 e. The van der Waals surface area contributed by atoms with Gasteiger partial charge in [-0.2, -0.15) is 0 Å². The first kappa shape index (κ1) is 22.0. The molecule has 7 nitrogen and oxygen atoms in total. The summed E-state index contributed by atoms with van der Waals surface area (Å²) in [6, 6.07) is 4.85. The van der Waals surface area contributed by atoms with Crippen molar-refractivity contribution < 1.29 is 24.0 Å². The van der Waals surface area contributed by atoms with E-state index < -0.39 is 44.8 Å². The Morgan fingerprint density at radius 1 is 1.28 bits per heavy atom. The quantitative estimate of drug-likeness (QED) is 0.244. The van der Waals surface area contributed by atoms with Crippen molar-refractivity contribution in [3.8, 4) is 0 Å². The van der Waals surface area contributed by atoms with Gasteiger partial charge in [-0.05, 0) is 54.5 Å². The molecule has 2 bridgehead atoms. The summed E-state index contributed by atoms with van der Waals surface area (Å²) in [5.74, 6) is -1.02. The minimum absolute atomic E-state index is 0.0962. The molecule has 1 heterocycles. The zero-order valence-corrected chi connectivity index (χ0v) is 19.7. The van der Waals surface area contributed by atoms with Crippen molar-refractivity contribution >= 4 is 40.2 Å². The number of nitro groups is 1. The third-order valence-electron chi connectivity index (χ3n) is 6.90. The first-order valence-corrected chi connectivity index (χ1v) is 10.6. The van der Waals surface area contributed by atoms with Crippen molar-refractivity contribution in [2.45, 2.75) is 66.1 Å². The highest BCUT2D eigenvalue weighted by molar-refractivity contribution is 14.1. The molecule has 0 unspecified atom stereocenters. The van der Waals surface area contributed by atoms with Crippen LogP contribution < -0.4 is 0 Å². The average molecular weight is 515 g/mol. The standard InChI is InChI=1S/C21H26INO6/c1-18(2,3)15(13-8-7-12(22)11-14(13)23(26)27)28-17(25)21-10-9-20(6,16(24)29-21)19(21,4)5/h7-8,11,15H,9-10H2,1-6H3/t15-,20+,21-/m1/s1. The summed E-state index contributed by atoms with van der Waals surface area (Å²) in [4.78, 5) is 37.1. The second kappa shape index (κ2) is 6.65. The first-order valence-electron chi connectivity index (χ1n) is 9.56. The van der Waals surface area contributed by atoms with E-state index >= 15 is 0 Å².